The van der Waals surface area contributed by atoms with Crippen LogP contribution in [0.15, 0.2) is 16.9 Å². The second kappa shape index (κ2) is 6.41. The van der Waals surface area contributed by atoms with Gasteiger partial charge < -0.3 is 10.6 Å². The number of nitrogens with two attached hydrogens (primary N) is 1. The number of rotatable bonds is 3. The monoisotopic (exact) mass is 311 g/mol. The molecule has 0 radical (unpaired) electrons. The molecule has 21 heavy (non-hydrogen) atoms. The van der Waals surface area contributed by atoms with E-state index < -0.39 is 0 Å². The number of pyridine rings is 1. The number of aromatic nitrogens is 1. The summed E-state index contributed by atoms with van der Waals surface area (Å²) >= 11 is 6.01. The summed E-state index contributed by atoms with van der Waals surface area (Å²) in [5, 5.41) is 0.458. The first-order chi connectivity index (χ1) is 9.76. The fourth-order valence-electron chi connectivity index (χ4n) is 3.01. The van der Waals surface area contributed by atoms with Crippen LogP contribution in [0, 0.1) is 11.3 Å². The minimum absolute atomic E-state index is 0.0611. The van der Waals surface area contributed by atoms with Gasteiger partial charge >= 0.3 is 0 Å². The number of likely N-dealkylation sites (tertiary alicyclic amines) is 1. The lowest BCUT2D eigenvalue weighted by Gasteiger charge is -2.36. The summed E-state index contributed by atoms with van der Waals surface area (Å²) in [7, 11) is 0. The summed E-state index contributed by atoms with van der Waals surface area (Å²) in [5.41, 5.74) is 6.21. The normalized spacial score (nSPS) is 18.1. The minimum Gasteiger partial charge on any atom is -0.384 e. The van der Waals surface area contributed by atoms with Crippen molar-refractivity contribution in [2.24, 2.45) is 11.3 Å². The van der Waals surface area contributed by atoms with Crippen LogP contribution in [-0.4, -0.2) is 29.1 Å². The van der Waals surface area contributed by atoms with E-state index in [0.29, 0.717) is 28.7 Å². The molecule has 1 aromatic heterocycles. The number of hydrogen-bond acceptors (Lipinski definition) is 3. The van der Waals surface area contributed by atoms with Crippen LogP contribution in [0.3, 0.4) is 0 Å². The number of halogens is 1. The molecule has 0 saturated carbocycles. The quantitative estimate of drug-likeness (QED) is 0.934. The Labute approximate surface area is 131 Å². The highest BCUT2D eigenvalue weighted by atomic mass is 35.5. The topological polar surface area (TPSA) is 51.3 Å². The third kappa shape index (κ3) is 4.48. The highest BCUT2D eigenvalue weighted by Crippen LogP contribution is 2.24. The molecular weight excluding hydrogens is 286 g/mol. The zero-order chi connectivity index (χ0) is 15.6. The molecule has 0 atom stereocenters. The largest absolute Gasteiger partial charge is 0.384 e. The van der Waals surface area contributed by atoms with Gasteiger partial charge in [-0.05, 0) is 43.3 Å². The van der Waals surface area contributed by atoms with Crippen LogP contribution in [-0.2, 0) is 6.54 Å². The Kier molecular flexibility index (Phi) is 4.99. The number of hydrogen-bond donors (Lipinski definition) is 1. The van der Waals surface area contributed by atoms with Crippen LogP contribution in [0.4, 0.5) is 5.82 Å². The fraction of sp³-hybridized carbons (Fsp3) is 0.688. The third-order valence-corrected chi connectivity index (χ3v) is 4.34. The van der Waals surface area contributed by atoms with Crippen molar-refractivity contribution in [1.29, 1.82) is 0 Å². The lowest BCUT2D eigenvalue weighted by Crippen LogP contribution is -2.40. The van der Waals surface area contributed by atoms with Gasteiger partial charge in [-0.15, -0.1) is 0 Å². The van der Waals surface area contributed by atoms with Crippen LogP contribution in [0.25, 0.3) is 0 Å². The van der Waals surface area contributed by atoms with Crippen molar-refractivity contribution >= 4 is 17.4 Å². The van der Waals surface area contributed by atoms with Crippen molar-refractivity contribution in [3.05, 3.63) is 27.5 Å². The van der Waals surface area contributed by atoms with E-state index in [1.54, 1.807) is 10.6 Å². The van der Waals surface area contributed by atoms with E-state index in [1.807, 2.05) is 0 Å². The molecule has 1 fully saturated rings. The van der Waals surface area contributed by atoms with Crippen LogP contribution in [0.5, 0.6) is 0 Å². The Morgan fingerprint density at radius 2 is 1.90 bits per heavy atom. The summed E-state index contributed by atoms with van der Waals surface area (Å²) in [6.45, 7) is 10.8. The molecule has 2 rings (SSSR count). The van der Waals surface area contributed by atoms with E-state index >= 15 is 0 Å². The average molecular weight is 312 g/mol. The van der Waals surface area contributed by atoms with Gasteiger partial charge in [0.05, 0.1) is 5.02 Å². The lowest BCUT2D eigenvalue weighted by molar-refractivity contribution is 0.130. The van der Waals surface area contributed by atoms with Gasteiger partial charge in [-0.1, -0.05) is 32.4 Å². The van der Waals surface area contributed by atoms with Gasteiger partial charge in [0.1, 0.15) is 5.82 Å². The van der Waals surface area contributed by atoms with Crippen molar-refractivity contribution in [2.45, 2.75) is 40.2 Å². The van der Waals surface area contributed by atoms with E-state index in [9.17, 15) is 4.79 Å². The Hall–Kier alpha value is -1.00. The maximum atomic E-state index is 11.9. The Balaban J connectivity index is 1.96. The molecule has 0 spiro atoms. The smallest absolute Gasteiger partial charge is 0.252 e. The van der Waals surface area contributed by atoms with Gasteiger partial charge in [0.2, 0.25) is 0 Å². The first-order valence-electron chi connectivity index (χ1n) is 7.63. The average Bonchev–Trinajstić information content (AvgIpc) is 2.39. The highest BCUT2D eigenvalue weighted by molar-refractivity contribution is 6.32. The van der Waals surface area contributed by atoms with Gasteiger partial charge in [0.25, 0.3) is 5.56 Å². The van der Waals surface area contributed by atoms with Gasteiger partial charge in [-0.3, -0.25) is 9.36 Å². The van der Waals surface area contributed by atoms with Crippen LogP contribution >= 0.6 is 11.6 Å². The predicted octanol–water partition coefficient (Wildman–Crippen LogP) is 2.84. The van der Waals surface area contributed by atoms with E-state index in [1.165, 1.54) is 6.07 Å². The molecule has 2 heterocycles. The zero-order valence-corrected chi connectivity index (χ0v) is 14.0. The van der Waals surface area contributed by atoms with Crippen LogP contribution in [0.1, 0.15) is 33.6 Å². The van der Waals surface area contributed by atoms with Crippen molar-refractivity contribution in [3.63, 3.8) is 0 Å². The Bertz CT molecular complexity index is 539. The van der Waals surface area contributed by atoms with Gasteiger partial charge in [-0.2, -0.15) is 0 Å². The molecule has 0 amide bonds. The number of anilines is 1. The first kappa shape index (κ1) is 16.4. The molecule has 1 aromatic rings. The second-order valence-corrected chi connectivity index (χ2v) is 7.70. The van der Waals surface area contributed by atoms with Gasteiger partial charge in [0, 0.05) is 19.2 Å². The van der Waals surface area contributed by atoms with Crippen molar-refractivity contribution in [2.75, 3.05) is 25.4 Å². The summed E-state index contributed by atoms with van der Waals surface area (Å²) in [5.74, 6) is 0.890. The predicted molar refractivity (Wildman–Crippen MR) is 88.7 cm³/mol. The maximum Gasteiger partial charge on any atom is 0.252 e. The van der Waals surface area contributed by atoms with Crippen molar-refractivity contribution in [3.8, 4) is 0 Å². The minimum atomic E-state index is -0.0611. The lowest BCUT2D eigenvalue weighted by atomic mass is 9.92. The molecule has 1 aliphatic heterocycles. The van der Waals surface area contributed by atoms with Crippen LogP contribution in [0.2, 0.25) is 5.02 Å². The molecule has 1 aliphatic rings. The van der Waals surface area contributed by atoms with Gasteiger partial charge in [0.15, 0.2) is 0 Å². The zero-order valence-electron chi connectivity index (χ0n) is 13.2. The maximum absolute atomic E-state index is 11.9. The van der Waals surface area contributed by atoms with E-state index in [2.05, 4.69) is 25.7 Å². The van der Waals surface area contributed by atoms with Gasteiger partial charge in [-0.25, -0.2) is 0 Å². The highest BCUT2D eigenvalue weighted by Gasteiger charge is 2.23. The number of nitrogen functional groups attached to an aromatic ring is 1. The van der Waals surface area contributed by atoms with Crippen molar-refractivity contribution < 1.29 is 0 Å². The molecule has 1 saturated heterocycles. The van der Waals surface area contributed by atoms with E-state index in [4.69, 9.17) is 17.3 Å². The molecule has 118 valence electrons. The molecule has 0 unspecified atom stereocenters. The fourth-order valence-corrected chi connectivity index (χ4v) is 3.18. The number of nitrogens with zero attached hydrogens (tertiary/aromatic N) is 2. The first-order valence-corrected chi connectivity index (χ1v) is 8.01. The summed E-state index contributed by atoms with van der Waals surface area (Å²) in [6.07, 6.45) is 2.21. The summed E-state index contributed by atoms with van der Waals surface area (Å²) in [6, 6.07) is 3.06. The molecule has 0 bridgehead atoms. The van der Waals surface area contributed by atoms with E-state index in [-0.39, 0.29) is 5.56 Å². The standard InChI is InChI=1S/C16H26ClN3O/c1-16(2,3)11-19-8-6-12(7-9-19)10-20-14(21)5-4-13(17)15(20)18/h4-5,12H,6-11,18H2,1-3H3. The second-order valence-electron chi connectivity index (χ2n) is 7.30. The Morgan fingerprint density at radius 1 is 1.29 bits per heavy atom. The molecule has 0 aromatic carbocycles. The van der Waals surface area contributed by atoms with E-state index in [0.717, 1.165) is 32.5 Å². The Morgan fingerprint density at radius 3 is 2.48 bits per heavy atom. The van der Waals surface area contributed by atoms with Crippen LogP contribution < -0.4 is 11.3 Å². The molecular formula is C16H26ClN3O. The third-order valence-electron chi connectivity index (χ3n) is 4.02. The molecule has 0 aliphatic carbocycles. The van der Waals surface area contributed by atoms with Crippen molar-refractivity contribution in [1.82, 2.24) is 9.47 Å². The molecule has 4 nitrogen and oxygen atoms in total. The SMILES string of the molecule is CC(C)(C)CN1CCC(Cn2c(N)c(Cl)ccc2=O)CC1. The summed E-state index contributed by atoms with van der Waals surface area (Å²) in [4.78, 5) is 14.4. The number of piperidine rings is 1. The molecule has 5 heteroatoms. The molecule has 2 N–H and O–H groups in total. The summed E-state index contributed by atoms with van der Waals surface area (Å²) < 4.78 is 1.62.